The number of thioether (sulfide) groups is 1. The SMILES string of the molecule is CCC(C)Oc1ccc(/C=C2/SC(=O)N(CC(=O)OC)C2=O)cc1Cl. The van der Waals surface area contributed by atoms with Gasteiger partial charge < -0.3 is 9.47 Å². The third kappa shape index (κ3) is 4.76. The molecule has 134 valence electrons. The molecule has 1 unspecified atom stereocenters. The number of hydrogen-bond donors (Lipinski definition) is 0. The van der Waals surface area contributed by atoms with E-state index in [4.69, 9.17) is 16.3 Å². The van der Waals surface area contributed by atoms with Gasteiger partial charge in [0.05, 0.1) is 23.1 Å². The molecule has 0 N–H and O–H groups in total. The zero-order valence-corrected chi connectivity index (χ0v) is 15.6. The van der Waals surface area contributed by atoms with E-state index in [9.17, 15) is 14.4 Å². The molecule has 25 heavy (non-hydrogen) atoms. The predicted octanol–water partition coefficient (Wildman–Crippen LogP) is 3.73. The number of esters is 1. The summed E-state index contributed by atoms with van der Waals surface area (Å²) in [7, 11) is 1.20. The maximum absolute atomic E-state index is 12.3. The number of ether oxygens (including phenoxy) is 2. The molecule has 1 fully saturated rings. The molecule has 1 aromatic carbocycles. The van der Waals surface area contributed by atoms with Crippen molar-refractivity contribution in [3.63, 3.8) is 0 Å². The van der Waals surface area contributed by atoms with Gasteiger partial charge in [-0.3, -0.25) is 19.3 Å². The Balaban J connectivity index is 2.17. The van der Waals surface area contributed by atoms with E-state index in [0.717, 1.165) is 23.1 Å². The van der Waals surface area contributed by atoms with Gasteiger partial charge in [-0.1, -0.05) is 24.6 Å². The molecule has 0 aromatic heterocycles. The zero-order valence-electron chi connectivity index (χ0n) is 14.1. The van der Waals surface area contributed by atoms with E-state index < -0.39 is 23.7 Å². The lowest BCUT2D eigenvalue weighted by Crippen LogP contribution is -2.34. The Morgan fingerprint density at radius 2 is 2.12 bits per heavy atom. The molecule has 1 saturated heterocycles. The lowest BCUT2D eigenvalue weighted by molar-refractivity contribution is -0.143. The topological polar surface area (TPSA) is 72.9 Å². The fourth-order valence-corrected chi connectivity index (χ4v) is 3.06. The maximum Gasteiger partial charge on any atom is 0.325 e. The van der Waals surface area contributed by atoms with Crippen molar-refractivity contribution in [2.45, 2.75) is 26.4 Å². The van der Waals surface area contributed by atoms with E-state index in [1.165, 1.54) is 7.11 Å². The van der Waals surface area contributed by atoms with E-state index in [-0.39, 0.29) is 11.0 Å². The summed E-state index contributed by atoms with van der Waals surface area (Å²) in [6.45, 7) is 3.56. The Labute approximate surface area is 155 Å². The smallest absolute Gasteiger partial charge is 0.325 e. The second-order valence-electron chi connectivity index (χ2n) is 5.37. The molecule has 0 saturated carbocycles. The van der Waals surface area contributed by atoms with Gasteiger partial charge in [-0.25, -0.2) is 0 Å². The van der Waals surface area contributed by atoms with Gasteiger partial charge in [0.15, 0.2) is 0 Å². The second kappa shape index (κ2) is 8.40. The monoisotopic (exact) mass is 383 g/mol. The minimum absolute atomic E-state index is 0.0400. The molecule has 2 rings (SSSR count). The number of imide groups is 1. The molecule has 1 aromatic rings. The van der Waals surface area contributed by atoms with Crippen LogP contribution in [-0.2, 0) is 14.3 Å². The number of rotatable bonds is 6. The molecule has 6 nitrogen and oxygen atoms in total. The highest BCUT2D eigenvalue weighted by molar-refractivity contribution is 8.18. The van der Waals surface area contributed by atoms with Crippen LogP contribution in [0.2, 0.25) is 5.02 Å². The van der Waals surface area contributed by atoms with Crippen molar-refractivity contribution in [3.8, 4) is 5.75 Å². The summed E-state index contributed by atoms with van der Waals surface area (Å²) in [6, 6.07) is 5.13. The molecule has 0 bridgehead atoms. The number of carbonyl (C=O) groups is 3. The van der Waals surface area contributed by atoms with Crippen LogP contribution in [0, 0.1) is 0 Å². The van der Waals surface area contributed by atoms with Gasteiger partial charge in [-0.15, -0.1) is 0 Å². The number of hydrogen-bond acceptors (Lipinski definition) is 6. The third-order valence-electron chi connectivity index (χ3n) is 3.55. The standard InChI is InChI=1S/C17H18ClNO5S/c1-4-10(2)24-13-6-5-11(7-12(13)18)8-14-16(21)19(17(22)25-14)9-15(20)23-3/h5-8,10H,4,9H2,1-3H3/b14-8+. The molecular weight excluding hydrogens is 366 g/mol. The van der Waals surface area contributed by atoms with E-state index in [1.54, 1.807) is 24.3 Å². The summed E-state index contributed by atoms with van der Waals surface area (Å²) in [5.74, 6) is -0.624. The molecule has 2 amide bonds. The van der Waals surface area contributed by atoms with E-state index in [2.05, 4.69) is 4.74 Å². The normalized spacial score (nSPS) is 17.1. The Hall–Kier alpha value is -1.99. The summed E-state index contributed by atoms with van der Waals surface area (Å²) in [5, 5.41) is -0.0905. The third-order valence-corrected chi connectivity index (χ3v) is 4.75. The number of carbonyl (C=O) groups excluding carboxylic acids is 3. The average molecular weight is 384 g/mol. The van der Waals surface area contributed by atoms with Crippen LogP contribution in [0.25, 0.3) is 6.08 Å². The number of amides is 2. The van der Waals surface area contributed by atoms with Crippen LogP contribution in [0.1, 0.15) is 25.8 Å². The highest BCUT2D eigenvalue weighted by Crippen LogP contribution is 2.34. The first-order chi connectivity index (χ1) is 11.8. The minimum atomic E-state index is -0.654. The van der Waals surface area contributed by atoms with E-state index in [1.807, 2.05) is 13.8 Å². The van der Waals surface area contributed by atoms with Crippen LogP contribution in [0.15, 0.2) is 23.1 Å². The molecule has 0 spiro atoms. The van der Waals surface area contributed by atoms with Crippen molar-refractivity contribution in [2.24, 2.45) is 0 Å². The van der Waals surface area contributed by atoms with Crippen molar-refractivity contribution in [1.82, 2.24) is 4.90 Å². The quantitative estimate of drug-likeness (QED) is 0.550. The largest absolute Gasteiger partial charge is 0.489 e. The summed E-state index contributed by atoms with van der Waals surface area (Å²) < 4.78 is 10.2. The summed E-state index contributed by atoms with van der Waals surface area (Å²) in [5.41, 5.74) is 0.657. The summed E-state index contributed by atoms with van der Waals surface area (Å²) in [6.07, 6.45) is 2.45. The molecule has 1 atom stereocenters. The van der Waals surface area contributed by atoms with Crippen LogP contribution in [0.3, 0.4) is 0 Å². The first kappa shape index (κ1) is 19.3. The average Bonchev–Trinajstić information content (AvgIpc) is 2.84. The van der Waals surface area contributed by atoms with Crippen molar-refractivity contribution in [2.75, 3.05) is 13.7 Å². The minimum Gasteiger partial charge on any atom is -0.489 e. The van der Waals surface area contributed by atoms with Crippen molar-refractivity contribution in [3.05, 3.63) is 33.7 Å². The van der Waals surface area contributed by atoms with Gasteiger partial charge in [0.2, 0.25) is 0 Å². The van der Waals surface area contributed by atoms with Crippen LogP contribution in [0.4, 0.5) is 4.79 Å². The Kier molecular flexibility index (Phi) is 6.50. The summed E-state index contributed by atoms with van der Waals surface area (Å²) in [4.78, 5) is 36.5. The predicted molar refractivity (Wildman–Crippen MR) is 96.5 cm³/mol. The lowest BCUT2D eigenvalue weighted by Gasteiger charge is -2.14. The zero-order chi connectivity index (χ0) is 18.6. The highest BCUT2D eigenvalue weighted by Gasteiger charge is 2.36. The van der Waals surface area contributed by atoms with Gasteiger partial charge in [0, 0.05) is 0 Å². The highest BCUT2D eigenvalue weighted by atomic mass is 35.5. The van der Waals surface area contributed by atoms with Crippen LogP contribution in [0.5, 0.6) is 5.75 Å². The first-order valence-corrected chi connectivity index (χ1v) is 8.83. The van der Waals surface area contributed by atoms with Crippen LogP contribution < -0.4 is 4.74 Å². The van der Waals surface area contributed by atoms with Crippen LogP contribution >= 0.6 is 23.4 Å². The molecule has 0 radical (unpaired) electrons. The lowest BCUT2D eigenvalue weighted by atomic mass is 10.2. The van der Waals surface area contributed by atoms with E-state index in [0.29, 0.717) is 16.3 Å². The number of halogens is 1. The Bertz CT molecular complexity index is 734. The van der Waals surface area contributed by atoms with Crippen molar-refractivity contribution in [1.29, 1.82) is 0 Å². The van der Waals surface area contributed by atoms with Gasteiger partial charge in [0.25, 0.3) is 11.1 Å². The van der Waals surface area contributed by atoms with Crippen molar-refractivity contribution >= 4 is 46.6 Å². The molecule has 1 aliphatic rings. The van der Waals surface area contributed by atoms with Gasteiger partial charge in [-0.2, -0.15) is 0 Å². The number of methoxy groups -OCH3 is 1. The van der Waals surface area contributed by atoms with Gasteiger partial charge in [0.1, 0.15) is 12.3 Å². The molecule has 1 aliphatic heterocycles. The Morgan fingerprint density at radius 1 is 1.40 bits per heavy atom. The number of benzene rings is 1. The van der Waals surface area contributed by atoms with Crippen LogP contribution in [-0.4, -0.2) is 41.8 Å². The van der Waals surface area contributed by atoms with Crippen molar-refractivity contribution < 1.29 is 23.9 Å². The fraction of sp³-hybridized carbons (Fsp3) is 0.353. The number of nitrogens with zero attached hydrogens (tertiary/aromatic N) is 1. The molecule has 1 heterocycles. The maximum atomic E-state index is 12.3. The first-order valence-electron chi connectivity index (χ1n) is 7.64. The molecule has 8 heteroatoms. The summed E-state index contributed by atoms with van der Waals surface area (Å²) >= 11 is 6.98. The second-order valence-corrected chi connectivity index (χ2v) is 6.77. The van der Waals surface area contributed by atoms with E-state index >= 15 is 0 Å². The van der Waals surface area contributed by atoms with Gasteiger partial charge in [-0.05, 0) is 48.9 Å². The molecule has 0 aliphatic carbocycles. The molecular formula is C17H18ClNO5S. The van der Waals surface area contributed by atoms with Gasteiger partial charge >= 0.3 is 5.97 Å². The Morgan fingerprint density at radius 3 is 2.72 bits per heavy atom. The fourth-order valence-electron chi connectivity index (χ4n) is 1.98.